The van der Waals surface area contributed by atoms with Crippen molar-refractivity contribution in [2.45, 2.75) is 0 Å². The molecule has 0 unspecified atom stereocenters. The summed E-state index contributed by atoms with van der Waals surface area (Å²) in [6.45, 7) is 0. The number of non-ortho nitro benzene ring substituents is 1. The molecule has 0 saturated carbocycles. The Labute approximate surface area is 109 Å². The largest absolute Gasteiger partial charge is 0.673 e. The molecule has 20 heavy (non-hydrogen) atoms. The van der Waals surface area contributed by atoms with Crippen LogP contribution in [0.3, 0.4) is 0 Å². The molecule has 0 bridgehead atoms. The van der Waals surface area contributed by atoms with Crippen LogP contribution in [-0.2, 0) is 0 Å². The number of halogens is 4. The third kappa shape index (κ3) is 4.20. The van der Waals surface area contributed by atoms with Crippen molar-refractivity contribution in [2.75, 3.05) is 0 Å². The summed E-state index contributed by atoms with van der Waals surface area (Å²) >= 11 is 0. The lowest BCUT2D eigenvalue weighted by Gasteiger charge is -1.95. The average Bonchev–Trinajstić information content (AvgIpc) is 2.35. The summed E-state index contributed by atoms with van der Waals surface area (Å²) in [5.74, 6) is 0. The summed E-state index contributed by atoms with van der Waals surface area (Å²) in [7, 11) is -6.00. The molecular formula is C10H6BF4N3O2. The Balaban J connectivity index is 0.000000347. The molecule has 0 aliphatic heterocycles. The number of benzene rings is 2. The van der Waals surface area contributed by atoms with Crippen molar-refractivity contribution in [3.63, 3.8) is 0 Å². The third-order valence-electron chi connectivity index (χ3n) is 2.18. The molecule has 2 aromatic rings. The number of rotatable bonds is 1. The van der Waals surface area contributed by atoms with E-state index in [-0.39, 0.29) is 5.69 Å². The molecule has 0 aliphatic carbocycles. The van der Waals surface area contributed by atoms with Gasteiger partial charge in [0.05, 0.1) is 15.7 Å². The maximum atomic E-state index is 10.7. The van der Waals surface area contributed by atoms with Crippen LogP contribution in [0.2, 0.25) is 0 Å². The first kappa shape index (κ1) is 15.4. The molecule has 104 valence electrons. The maximum absolute atomic E-state index is 10.7. The van der Waals surface area contributed by atoms with Crippen LogP contribution < -0.4 is 0 Å². The normalized spacial score (nSPS) is 10.3. The molecule has 0 aromatic heterocycles. The fourth-order valence-electron chi connectivity index (χ4n) is 1.51. The zero-order chi connectivity index (χ0) is 15.3. The standard InChI is InChI=1S/C10H6N3O2.BF4/c11-12-9-5-6-10(13(14)15)8-4-2-1-3-7(8)9;2-1(3,4)5/h1-6H;/q+1;-1. The van der Waals surface area contributed by atoms with Gasteiger partial charge in [-0.2, -0.15) is 0 Å². The van der Waals surface area contributed by atoms with Gasteiger partial charge in [0, 0.05) is 12.1 Å². The first-order chi connectivity index (χ1) is 9.24. The smallest absolute Gasteiger partial charge is 0.418 e. The molecule has 0 fully saturated rings. The van der Waals surface area contributed by atoms with Crippen LogP contribution in [0, 0.1) is 15.5 Å². The molecule has 10 heteroatoms. The molecular weight excluding hydrogens is 281 g/mol. The number of hydrogen-bond acceptors (Lipinski definition) is 3. The Hall–Kier alpha value is -2.70. The van der Waals surface area contributed by atoms with Gasteiger partial charge in [-0.3, -0.25) is 10.1 Å². The fourth-order valence-corrected chi connectivity index (χ4v) is 1.51. The average molecular weight is 287 g/mol. The Morgan fingerprint density at radius 3 is 2.00 bits per heavy atom. The van der Waals surface area contributed by atoms with Gasteiger partial charge in [0.1, 0.15) is 0 Å². The van der Waals surface area contributed by atoms with Gasteiger partial charge < -0.3 is 17.3 Å². The molecule has 0 N–H and O–H groups in total. The molecule has 0 amide bonds. The van der Waals surface area contributed by atoms with Gasteiger partial charge in [0.2, 0.25) is 5.39 Å². The molecule has 0 radical (unpaired) electrons. The number of nitro benzene ring substituents is 1. The first-order valence-electron chi connectivity index (χ1n) is 5.12. The highest BCUT2D eigenvalue weighted by Gasteiger charge is 2.20. The predicted molar refractivity (Wildman–Crippen MR) is 65.5 cm³/mol. The van der Waals surface area contributed by atoms with Gasteiger partial charge in [0.15, 0.2) is 4.98 Å². The van der Waals surface area contributed by atoms with E-state index < -0.39 is 12.2 Å². The minimum Gasteiger partial charge on any atom is -0.418 e. The Kier molecular flexibility index (Phi) is 4.58. The number of diazo groups is 1. The van der Waals surface area contributed by atoms with Crippen LogP contribution in [0.4, 0.5) is 28.6 Å². The number of nitro groups is 1. The Morgan fingerprint density at radius 1 is 1.05 bits per heavy atom. The van der Waals surface area contributed by atoms with E-state index in [9.17, 15) is 27.4 Å². The van der Waals surface area contributed by atoms with E-state index in [0.29, 0.717) is 16.5 Å². The molecule has 2 rings (SSSR count). The van der Waals surface area contributed by atoms with Crippen LogP contribution in [0.15, 0.2) is 36.4 Å². The lowest BCUT2D eigenvalue weighted by atomic mass is 10.1. The quantitative estimate of drug-likeness (QED) is 0.254. The van der Waals surface area contributed by atoms with Crippen LogP contribution in [-0.4, -0.2) is 12.2 Å². The van der Waals surface area contributed by atoms with E-state index in [1.807, 2.05) is 0 Å². The molecule has 0 saturated heterocycles. The fraction of sp³-hybridized carbons (Fsp3) is 0. The number of hydrogen-bond donors (Lipinski definition) is 0. The summed E-state index contributed by atoms with van der Waals surface area (Å²) in [4.78, 5) is 13.3. The summed E-state index contributed by atoms with van der Waals surface area (Å²) in [6.07, 6.45) is 0. The van der Waals surface area contributed by atoms with E-state index in [1.54, 1.807) is 24.3 Å². The zero-order valence-corrected chi connectivity index (χ0v) is 9.71. The lowest BCUT2D eigenvalue weighted by molar-refractivity contribution is -0.383. The van der Waals surface area contributed by atoms with Gasteiger partial charge in [-0.1, -0.05) is 12.1 Å². The number of fused-ring (bicyclic) bond motifs is 1. The molecule has 0 heterocycles. The summed E-state index contributed by atoms with van der Waals surface area (Å²) in [5.41, 5.74) is 0.342. The molecule has 2 aromatic carbocycles. The Morgan fingerprint density at radius 2 is 1.55 bits per heavy atom. The van der Waals surface area contributed by atoms with Crippen molar-refractivity contribution in [3.05, 3.63) is 51.5 Å². The van der Waals surface area contributed by atoms with Crippen molar-refractivity contribution in [2.24, 2.45) is 0 Å². The second-order valence-electron chi connectivity index (χ2n) is 3.50. The maximum Gasteiger partial charge on any atom is 0.673 e. The topological polar surface area (TPSA) is 71.3 Å². The highest BCUT2D eigenvalue weighted by molar-refractivity contribution is 6.50. The summed E-state index contributed by atoms with van der Waals surface area (Å²) in [6, 6.07) is 9.49. The van der Waals surface area contributed by atoms with Crippen LogP contribution in [0.25, 0.3) is 15.7 Å². The van der Waals surface area contributed by atoms with Gasteiger partial charge in [-0.25, -0.2) is 0 Å². The molecule has 0 spiro atoms. The SMILES string of the molecule is F[B-](F)(F)F.N#[N+]c1ccc([N+](=O)[O-])c2ccccc12. The van der Waals surface area contributed by atoms with Crippen molar-refractivity contribution in [3.8, 4) is 0 Å². The van der Waals surface area contributed by atoms with E-state index >= 15 is 0 Å². The Bertz CT molecular complexity index is 678. The second-order valence-corrected chi connectivity index (χ2v) is 3.50. The summed E-state index contributed by atoms with van der Waals surface area (Å²) in [5, 5.41) is 20.5. The second kappa shape index (κ2) is 5.96. The van der Waals surface area contributed by atoms with E-state index in [0.717, 1.165) is 0 Å². The zero-order valence-electron chi connectivity index (χ0n) is 9.71. The van der Waals surface area contributed by atoms with Crippen LogP contribution in [0.5, 0.6) is 0 Å². The molecule has 5 nitrogen and oxygen atoms in total. The van der Waals surface area contributed by atoms with Crippen molar-refractivity contribution >= 4 is 29.4 Å². The highest BCUT2D eigenvalue weighted by Crippen LogP contribution is 2.32. The number of nitrogens with zero attached hydrogens (tertiary/aromatic N) is 3. The van der Waals surface area contributed by atoms with Gasteiger partial charge >= 0.3 is 12.9 Å². The van der Waals surface area contributed by atoms with E-state index in [1.165, 1.54) is 12.1 Å². The van der Waals surface area contributed by atoms with Crippen molar-refractivity contribution < 1.29 is 22.2 Å². The molecule has 0 atom stereocenters. The molecule has 0 aliphatic rings. The van der Waals surface area contributed by atoms with Gasteiger partial charge in [-0.05, 0) is 12.1 Å². The lowest BCUT2D eigenvalue weighted by Crippen LogP contribution is -2.02. The van der Waals surface area contributed by atoms with Crippen molar-refractivity contribution in [1.82, 2.24) is 0 Å². The van der Waals surface area contributed by atoms with Crippen molar-refractivity contribution in [1.29, 1.82) is 5.39 Å². The van der Waals surface area contributed by atoms with E-state index in [4.69, 9.17) is 5.39 Å². The minimum atomic E-state index is -6.00. The van der Waals surface area contributed by atoms with Crippen LogP contribution in [0.1, 0.15) is 0 Å². The first-order valence-corrected chi connectivity index (χ1v) is 5.12. The highest BCUT2D eigenvalue weighted by atomic mass is 19.5. The van der Waals surface area contributed by atoms with Gasteiger partial charge in [0.25, 0.3) is 5.69 Å². The minimum absolute atomic E-state index is 0.0120. The monoisotopic (exact) mass is 287 g/mol. The summed E-state index contributed by atoms with van der Waals surface area (Å²) < 4.78 is 39.0. The van der Waals surface area contributed by atoms with Gasteiger partial charge in [-0.15, -0.1) is 0 Å². The van der Waals surface area contributed by atoms with Crippen LogP contribution >= 0.6 is 0 Å². The van der Waals surface area contributed by atoms with E-state index in [2.05, 4.69) is 4.98 Å². The third-order valence-corrected chi connectivity index (χ3v) is 2.18. The predicted octanol–water partition coefficient (Wildman–Crippen LogP) is 4.53.